The summed E-state index contributed by atoms with van der Waals surface area (Å²) in [6.07, 6.45) is -10.1. The fourth-order valence-corrected chi connectivity index (χ4v) is 5.87. The number of alkyl halides is 6. The van der Waals surface area contributed by atoms with Gasteiger partial charge in [-0.15, -0.1) is 0 Å². The number of carbonyl (C=O) groups excluding carboxylic acids is 1. The molecule has 224 valence electrons. The molecule has 0 aliphatic heterocycles. The number of fused-ring (bicyclic) bond motifs is 1. The Morgan fingerprint density at radius 2 is 1.62 bits per heavy atom. The number of furan rings is 1. The zero-order valence-electron chi connectivity index (χ0n) is 22.3. The minimum atomic E-state index is -5.18. The molecular weight excluding hydrogens is 588 g/mol. The van der Waals surface area contributed by atoms with Gasteiger partial charge < -0.3 is 9.15 Å². The number of ether oxygens (including phenoxy) is 1. The highest BCUT2D eigenvalue weighted by molar-refractivity contribution is 7.89. The van der Waals surface area contributed by atoms with Crippen molar-refractivity contribution in [2.75, 3.05) is 13.2 Å². The maximum absolute atomic E-state index is 13.9. The van der Waals surface area contributed by atoms with E-state index in [1.165, 1.54) is 25.1 Å². The lowest BCUT2D eigenvalue weighted by atomic mass is 10.0. The van der Waals surface area contributed by atoms with Gasteiger partial charge in [0, 0.05) is 24.0 Å². The molecule has 13 heteroatoms. The van der Waals surface area contributed by atoms with Gasteiger partial charge in [-0.2, -0.15) is 30.6 Å². The van der Waals surface area contributed by atoms with Crippen molar-refractivity contribution in [1.29, 1.82) is 0 Å². The summed E-state index contributed by atoms with van der Waals surface area (Å²) in [7, 11) is -4.51. The summed E-state index contributed by atoms with van der Waals surface area (Å²) in [6, 6.07) is 13.4. The Balaban J connectivity index is 1.79. The van der Waals surface area contributed by atoms with Gasteiger partial charge in [-0.1, -0.05) is 36.4 Å². The van der Waals surface area contributed by atoms with E-state index in [2.05, 4.69) is 0 Å². The Labute approximate surface area is 237 Å². The second-order valence-corrected chi connectivity index (χ2v) is 11.3. The van der Waals surface area contributed by atoms with Crippen LogP contribution in [0.1, 0.15) is 45.3 Å². The van der Waals surface area contributed by atoms with Gasteiger partial charge in [0.1, 0.15) is 5.58 Å². The number of benzene rings is 3. The number of nitrogens with zero attached hydrogens (tertiary/aromatic N) is 1. The van der Waals surface area contributed by atoms with Crippen LogP contribution in [0.2, 0.25) is 0 Å². The first-order chi connectivity index (χ1) is 19.6. The number of halogens is 6. The molecule has 0 aliphatic carbocycles. The minimum absolute atomic E-state index is 0.0187. The van der Waals surface area contributed by atoms with E-state index in [-0.39, 0.29) is 47.3 Å². The molecule has 1 aromatic heterocycles. The molecule has 0 saturated carbocycles. The smallest absolute Gasteiger partial charge is 0.416 e. The molecule has 42 heavy (non-hydrogen) atoms. The molecule has 0 radical (unpaired) electrons. The van der Waals surface area contributed by atoms with Crippen LogP contribution >= 0.6 is 0 Å². The van der Waals surface area contributed by atoms with Crippen LogP contribution in [0.3, 0.4) is 0 Å². The van der Waals surface area contributed by atoms with Gasteiger partial charge in [-0.05, 0) is 61.7 Å². The van der Waals surface area contributed by atoms with Gasteiger partial charge in [-0.3, -0.25) is 0 Å². The second kappa shape index (κ2) is 11.8. The zero-order valence-corrected chi connectivity index (χ0v) is 23.2. The van der Waals surface area contributed by atoms with Gasteiger partial charge >= 0.3 is 18.3 Å². The number of esters is 1. The highest BCUT2D eigenvalue weighted by Gasteiger charge is 2.39. The Morgan fingerprint density at radius 1 is 0.929 bits per heavy atom. The predicted molar refractivity (Wildman–Crippen MR) is 141 cm³/mol. The first-order valence-corrected chi connectivity index (χ1v) is 14.1. The third kappa shape index (κ3) is 6.62. The van der Waals surface area contributed by atoms with Crippen molar-refractivity contribution in [1.82, 2.24) is 4.31 Å². The second-order valence-electron chi connectivity index (χ2n) is 9.38. The molecule has 0 aliphatic rings. The number of rotatable bonds is 9. The van der Waals surface area contributed by atoms with Gasteiger partial charge in [0.25, 0.3) is 0 Å². The topological polar surface area (TPSA) is 76.8 Å². The first-order valence-electron chi connectivity index (χ1n) is 12.6. The Bertz CT molecular complexity index is 1700. The largest absolute Gasteiger partial charge is 0.460 e. The minimum Gasteiger partial charge on any atom is -0.460 e. The molecule has 0 atom stereocenters. The average Bonchev–Trinajstić information content (AvgIpc) is 3.26. The Morgan fingerprint density at radius 3 is 2.24 bits per heavy atom. The van der Waals surface area contributed by atoms with Gasteiger partial charge in [0.2, 0.25) is 15.8 Å². The van der Waals surface area contributed by atoms with Crippen molar-refractivity contribution in [2.24, 2.45) is 0 Å². The molecular formula is C29H25F6NO5S. The first kappa shape index (κ1) is 31.1. The summed E-state index contributed by atoms with van der Waals surface area (Å²) >= 11 is 0. The van der Waals surface area contributed by atoms with E-state index in [1.54, 1.807) is 37.3 Å². The molecule has 0 bridgehead atoms. The summed E-state index contributed by atoms with van der Waals surface area (Å²) in [5, 5.41) is 0.271. The third-order valence-corrected chi connectivity index (χ3v) is 8.43. The average molecular weight is 614 g/mol. The summed E-state index contributed by atoms with van der Waals surface area (Å²) in [5.41, 5.74) is -2.54. The summed E-state index contributed by atoms with van der Waals surface area (Å²) < 4.78 is 120. The van der Waals surface area contributed by atoms with E-state index in [0.29, 0.717) is 23.3 Å². The Hall–Kier alpha value is -3.84. The lowest BCUT2D eigenvalue weighted by molar-refractivity contribution is -0.143. The van der Waals surface area contributed by atoms with E-state index in [0.717, 1.165) is 4.31 Å². The van der Waals surface area contributed by atoms with Crippen molar-refractivity contribution in [3.63, 3.8) is 0 Å². The highest BCUT2D eigenvalue weighted by atomic mass is 32.2. The molecule has 0 fully saturated rings. The fraction of sp³-hybridized carbons (Fsp3) is 0.276. The van der Waals surface area contributed by atoms with Gasteiger partial charge in [-0.25, -0.2) is 13.2 Å². The molecule has 6 nitrogen and oxygen atoms in total. The lowest BCUT2D eigenvalue weighted by Gasteiger charge is -2.25. The van der Waals surface area contributed by atoms with E-state index in [1.807, 2.05) is 0 Å². The van der Waals surface area contributed by atoms with E-state index in [4.69, 9.17) is 9.15 Å². The summed E-state index contributed by atoms with van der Waals surface area (Å²) in [4.78, 5) is 11.9. The maximum atomic E-state index is 13.9. The monoisotopic (exact) mass is 613 g/mol. The molecule has 0 amide bonds. The van der Waals surface area contributed by atoms with Crippen molar-refractivity contribution >= 4 is 27.0 Å². The molecule has 3 aromatic carbocycles. The number of hydrogen-bond acceptors (Lipinski definition) is 5. The normalized spacial score (nSPS) is 12.7. The molecule has 0 spiro atoms. The highest BCUT2D eigenvalue weighted by Crippen LogP contribution is 2.38. The lowest BCUT2D eigenvalue weighted by Crippen LogP contribution is -2.33. The van der Waals surface area contributed by atoms with Crippen LogP contribution in [0.25, 0.3) is 11.0 Å². The van der Waals surface area contributed by atoms with Crippen molar-refractivity contribution in [3.8, 4) is 0 Å². The quantitative estimate of drug-likeness (QED) is 0.145. The van der Waals surface area contributed by atoms with Gasteiger partial charge in [0.05, 0.1) is 22.6 Å². The summed E-state index contributed by atoms with van der Waals surface area (Å²) in [6.45, 7) is 2.08. The van der Waals surface area contributed by atoms with Crippen LogP contribution < -0.4 is 0 Å². The van der Waals surface area contributed by atoms with Crippen LogP contribution in [0.4, 0.5) is 26.3 Å². The predicted octanol–water partition coefficient (Wildman–Crippen LogP) is 7.39. The maximum Gasteiger partial charge on any atom is 0.416 e. The van der Waals surface area contributed by atoms with Gasteiger partial charge in [0.15, 0.2) is 0 Å². The number of carbonyl (C=O) groups is 1. The molecule has 4 rings (SSSR count). The molecule has 0 saturated heterocycles. The van der Waals surface area contributed by atoms with Crippen molar-refractivity contribution < 1.29 is 48.7 Å². The SMILES string of the molecule is CCOC(=O)c1oc2ccc(S(=O)(=O)N(CCc3ccccc3)Cc3ccc(C(F)(F)F)cc3C(F)(F)F)cc2c1C. The number of sulfonamides is 1. The Kier molecular flexibility index (Phi) is 8.74. The molecule has 1 heterocycles. The van der Waals surface area contributed by atoms with Crippen molar-refractivity contribution in [2.45, 2.75) is 44.1 Å². The van der Waals surface area contributed by atoms with Crippen LogP contribution in [0.15, 0.2) is 76.0 Å². The third-order valence-electron chi connectivity index (χ3n) is 6.59. The number of aryl methyl sites for hydroxylation is 1. The van der Waals surface area contributed by atoms with Crippen LogP contribution in [-0.4, -0.2) is 31.8 Å². The number of hydrogen-bond donors (Lipinski definition) is 0. The zero-order chi connectivity index (χ0) is 30.9. The molecule has 0 unspecified atom stereocenters. The van der Waals surface area contributed by atoms with E-state index in [9.17, 15) is 39.6 Å². The summed E-state index contributed by atoms with van der Waals surface area (Å²) in [5.74, 6) is -0.871. The van der Waals surface area contributed by atoms with E-state index >= 15 is 0 Å². The van der Waals surface area contributed by atoms with Crippen molar-refractivity contribution in [3.05, 3.63) is 100 Å². The fourth-order valence-electron chi connectivity index (χ4n) is 4.43. The standard InChI is InChI=1S/C29H25F6NO5S/c1-3-40-27(37)26-18(2)23-16-22(11-12-25(23)41-26)42(38,39)36(14-13-19-7-5-4-6-8-19)17-20-9-10-21(28(30,31)32)15-24(20)29(33,34)35/h4-12,15-16H,3,13-14,17H2,1-2H3. The van der Waals surface area contributed by atoms with Crippen LogP contribution in [-0.2, 0) is 40.1 Å². The molecule has 0 N–H and O–H groups in total. The molecule has 4 aromatic rings. The van der Waals surface area contributed by atoms with Crippen LogP contribution in [0, 0.1) is 6.92 Å². The van der Waals surface area contributed by atoms with Crippen LogP contribution in [0.5, 0.6) is 0 Å². The van der Waals surface area contributed by atoms with E-state index < -0.39 is 51.6 Å².